The van der Waals surface area contributed by atoms with E-state index in [-0.39, 0.29) is 11.9 Å². The number of nitrogens with one attached hydrogen (secondary N) is 1. The van der Waals surface area contributed by atoms with Crippen molar-refractivity contribution >= 4 is 15.9 Å². The van der Waals surface area contributed by atoms with Crippen molar-refractivity contribution in [2.75, 3.05) is 13.2 Å². The van der Waals surface area contributed by atoms with Gasteiger partial charge in [0, 0.05) is 22.7 Å². The minimum atomic E-state index is -0.146. The summed E-state index contributed by atoms with van der Waals surface area (Å²) in [6.45, 7) is 3.77. The standard InChI is InChI=1S/C15H21BrFNO/c1-2-18-15(8-6-12-4-3-9-19-12)13-7-5-11(16)10-14(13)17/h5,7,10,12,15,18H,2-4,6,8-9H2,1H3. The quantitative estimate of drug-likeness (QED) is 0.844. The van der Waals surface area contributed by atoms with Crippen molar-refractivity contribution in [2.45, 2.75) is 44.8 Å². The molecule has 0 aliphatic carbocycles. The second-order valence-corrected chi connectivity index (χ2v) is 5.90. The summed E-state index contributed by atoms with van der Waals surface area (Å²) in [4.78, 5) is 0. The summed E-state index contributed by atoms with van der Waals surface area (Å²) >= 11 is 3.30. The van der Waals surface area contributed by atoms with Crippen LogP contribution in [0.4, 0.5) is 4.39 Å². The first-order valence-corrected chi connectivity index (χ1v) is 7.80. The summed E-state index contributed by atoms with van der Waals surface area (Å²) in [6.07, 6.45) is 4.56. The number of ether oxygens (including phenoxy) is 1. The molecule has 1 aliphatic heterocycles. The summed E-state index contributed by atoms with van der Waals surface area (Å²) in [5.74, 6) is -0.146. The zero-order valence-corrected chi connectivity index (χ0v) is 12.9. The maximum absolute atomic E-state index is 14.0. The van der Waals surface area contributed by atoms with Crippen LogP contribution in [0.1, 0.15) is 44.2 Å². The van der Waals surface area contributed by atoms with Gasteiger partial charge in [-0.25, -0.2) is 4.39 Å². The highest BCUT2D eigenvalue weighted by Gasteiger charge is 2.20. The number of rotatable bonds is 6. The molecule has 1 heterocycles. The lowest BCUT2D eigenvalue weighted by Crippen LogP contribution is -2.23. The topological polar surface area (TPSA) is 21.3 Å². The molecule has 2 unspecified atom stereocenters. The fourth-order valence-corrected chi connectivity index (χ4v) is 2.96. The van der Waals surface area contributed by atoms with Crippen LogP contribution in [0.15, 0.2) is 22.7 Å². The Bertz CT molecular complexity index is 407. The highest BCUT2D eigenvalue weighted by atomic mass is 79.9. The molecule has 0 bridgehead atoms. The lowest BCUT2D eigenvalue weighted by Gasteiger charge is -2.20. The molecule has 1 fully saturated rings. The molecule has 1 aromatic rings. The Morgan fingerprint density at radius 2 is 2.37 bits per heavy atom. The smallest absolute Gasteiger partial charge is 0.129 e. The Balaban J connectivity index is 2.01. The second-order valence-electron chi connectivity index (χ2n) is 4.99. The van der Waals surface area contributed by atoms with Crippen LogP contribution < -0.4 is 5.32 Å². The van der Waals surface area contributed by atoms with E-state index in [0.29, 0.717) is 6.10 Å². The van der Waals surface area contributed by atoms with Gasteiger partial charge in [-0.3, -0.25) is 0 Å². The molecule has 2 atom stereocenters. The maximum atomic E-state index is 14.0. The third-order valence-corrected chi connectivity index (χ3v) is 4.08. The largest absolute Gasteiger partial charge is 0.378 e. The van der Waals surface area contributed by atoms with Crippen LogP contribution in [-0.4, -0.2) is 19.3 Å². The second kappa shape index (κ2) is 7.36. The average Bonchev–Trinajstić information content (AvgIpc) is 2.88. The fraction of sp³-hybridized carbons (Fsp3) is 0.600. The van der Waals surface area contributed by atoms with Gasteiger partial charge in [0.15, 0.2) is 0 Å². The SMILES string of the molecule is CCNC(CCC1CCCO1)c1ccc(Br)cc1F. The van der Waals surface area contributed by atoms with E-state index in [1.807, 2.05) is 12.1 Å². The molecule has 2 nitrogen and oxygen atoms in total. The normalized spacial score (nSPS) is 20.7. The van der Waals surface area contributed by atoms with Gasteiger partial charge in [0.25, 0.3) is 0 Å². The number of hydrogen-bond donors (Lipinski definition) is 1. The third kappa shape index (κ3) is 4.26. The van der Waals surface area contributed by atoms with Crippen LogP contribution in [0.3, 0.4) is 0 Å². The average molecular weight is 330 g/mol. The molecule has 2 rings (SSSR count). The van der Waals surface area contributed by atoms with Crippen molar-refractivity contribution in [1.82, 2.24) is 5.32 Å². The van der Waals surface area contributed by atoms with Gasteiger partial charge in [0.2, 0.25) is 0 Å². The van der Waals surface area contributed by atoms with Crippen LogP contribution in [0.5, 0.6) is 0 Å². The monoisotopic (exact) mass is 329 g/mol. The summed E-state index contributed by atoms with van der Waals surface area (Å²) in [5.41, 5.74) is 0.753. The first-order chi connectivity index (χ1) is 9.20. The Labute approximate surface area is 122 Å². The lowest BCUT2D eigenvalue weighted by molar-refractivity contribution is 0.0995. The van der Waals surface area contributed by atoms with E-state index in [9.17, 15) is 4.39 Å². The molecule has 4 heteroatoms. The van der Waals surface area contributed by atoms with Crippen molar-refractivity contribution < 1.29 is 9.13 Å². The molecule has 19 heavy (non-hydrogen) atoms. The van der Waals surface area contributed by atoms with Crippen LogP contribution in [0.25, 0.3) is 0 Å². The van der Waals surface area contributed by atoms with Crippen LogP contribution >= 0.6 is 15.9 Å². The zero-order valence-electron chi connectivity index (χ0n) is 11.3. The van der Waals surface area contributed by atoms with E-state index in [1.54, 1.807) is 0 Å². The van der Waals surface area contributed by atoms with E-state index >= 15 is 0 Å². The molecule has 1 saturated heterocycles. The van der Waals surface area contributed by atoms with Gasteiger partial charge in [-0.1, -0.05) is 28.9 Å². The van der Waals surface area contributed by atoms with Crippen LogP contribution in [0, 0.1) is 5.82 Å². The minimum absolute atomic E-state index is 0.0716. The van der Waals surface area contributed by atoms with Gasteiger partial charge in [-0.2, -0.15) is 0 Å². The van der Waals surface area contributed by atoms with Crippen molar-refractivity contribution in [3.8, 4) is 0 Å². The summed E-state index contributed by atoms with van der Waals surface area (Å²) in [5, 5.41) is 3.37. The van der Waals surface area contributed by atoms with Crippen LogP contribution in [-0.2, 0) is 4.74 Å². The van der Waals surface area contributed by atoms with E-state index in [2.05, 4.69) is 28.2 Å². The van der Waals surface area contributed by atoms with E-state index in [0.717, 1.165) is 48.9 Å². The van der Waals surface area contributed by atoms with Crippen molar-refractivity contribution in [3.63, 3.8) is 0 Å². The van der Waals surface area contributed by atoms with Gasteiger partial charge in [0.05, 0.1) is 6.10 Å². The summed E-state index contributed by atoms with van der Waals surface area (Å²) in [7, 11) is 0. The van der Waals surface area contributed by atoms with Gasteiger partial charge in [-0.05, 0) is 44.4 Å². The highest BCUT2D eigenvalue weighted by molar-refractivity contribution is 9.10. The third-order valence-electron chi connectivity index (χ3n) is 3.59. The molecule has 0 saturated carbocycles. The zero-order chi connectivity index (χ0) is 13.7. The number of hydrogen-bond acceptors (Lipinski definition) is 2. The van der Waals surface area contributed by atoms with Gasteiger partial charge in [-0.15, -0.1) is 0 Å². The molecule has 0 aromatic heterocycles. The van der Waals surface area contributed by atoms with E-state index in [4.69, 9.17) is 4.74 Å². The first-order valence-electron chi connectivity index (χ1n) is 7.00. The fourth-order valence-electron chi connectivity index (χ4n) is 2.62. The molecule has 0 amide bonds. The van der Waals surface area contributed by atoms with Crippen molar-refractivity contribution in [2.24, 2.45) is 0 Å². The molecule has 1 N–H and O–H groups in total. The molecule has 106 valence electrons. The first kappa shape index (κ1) is 14.9. The van der Waals surface area contributed by atoms with Crippen molar-refractivity contribution in [3.05, 3.63) is 34.1 Å². The highest BCUT2D eigenvalue weighted by Crippen LogP contribution is 2.27. The van der Waals surface area contributed by atoms with E-state index < -0.39 is 0 Å². The minimum Gasteiger partial charge on any atom is -0.378 e. The molecule has 1 aliphatic rings. The molecule has 0 radical (unpaired) electrons. The molecular formula is C15H21BrFNO. The van der Waals surface area contributed by atoms with Gasteiger partial charge >= 0.3 is 0 Å². The molecule has 0 spiro atoms. The van der Waals surface area contributed by atoms with Gasteiger partial charge < -0.3 is 10.1 Å². The lowest BCUT2D eigenvalue weighted by atomic mass is 9.98. The van der Waals surface area contributed by atoms with Crippen LogP contribution in [0.2, 0.25) is 0 Å². The Kier molecular flexibility index (Phi) is 5.79. The predicted octanol–water partition coefficient (Wildman–Crippen LogP) is 4.20. The van der Waals surface area contributed by atoms with Crippen molar-refractivity contribution in [1.29, 1.82) is 0 Å². The Morgan fingerprint density at radius 3 is 3.00 bits per heavy atom. The number of benzene rings is 1. The van der Waals surface area contributed by atoms with Gasteiger partial charge in [0.1, 0.15) is 5.82 Å². The Hall–Kier alpha value is -0.450. The summed E-state index contributed by atoms with van der Waals surface area (Å²) < 4.78 is 20.4. The maximum Gasteiger partial charge on any atom is 0.129 e. The Morgan fingerprint density at radius 1 is 1.53 bits per heavy atom. The number of halogens is 2. The van der Waals surface area contributed by atoms with E-state index in [1.165, 1.54) is 6.07 Å². The predicted molar refractivity (Wildman–Crippen MR) is 78.7 cm³/mol. The molecule has 1 aromatic carbocycles. The summed E-state index contributed by atoms with van der Waals surface area (Å²) in [6, 6.07) is 5.37. The molecular weight excluding hydrogens is 309 g/mol.